The lowest BCUT2D eigenvalue weighted by atomic mass is 10.1. The Bertz CT molecular complexity index is 1130. The van der Waals surface area contributed by atoms with Gasteiger partial charge in [-0.2, -0.15) is 0 Å². The highest BCUT2D eigenvalue weighted by Gasteiger charge is 2.16. The fourth-order valence-corrected chi connectivity index (χ4v) is 3.26. The second-order valence-corrected chi connectivity index (χ2v) is 6.63. The predicted octanol–water partition coefficient (Wildman–Crippen LogP) is 5.39. The molecular weight excluding hydrogens is 355 g/mol. The van der Waals surface area contributed by atoms with Crippen molar-refractivity contribution in [2.75, 3.05) is 0 Å². The van der Waals surface area contributed by atoms with Crippen molar-refractivity contribution in [3.63, 3.8) is 0 Å². The van der Waals surface area contributed by atoms with E-state index >= 15 is 0 Å². The van der Waals surface area contributed by atoms with Crippen LogP contribution in [0, 0.1) is 12.7 Å². The number of aryl methyl sites for hydroxylation is 1. The number of fused-ring (bicyclic) bond motifs is 1. The van der Waals surface area contributed by atoms with Gasteiger partial charge in [0.25, 0.3) is 0 Å². The lowest BCUT2D eigenvalue weighted by Gasteiger charge is -2.13. The molecule has 3 aromatic carbocycles. The number of esters is 1. The SMILES string of the molecule is Cc1nc2cc(C(=O)O[C@H](C)c3ccc(F)cc3)ccc2n1-c1ccccc1. The quantitative estimate of drug-likeness (QED) is 0.450. The van der Waals surface area contributed by atoms with Gasteiger partial charge in [0, 0.05) is 5.69 Å². The number of aromatic nitrogens is 2. The molecule has 0 aliphatic rings. The molecule has 4 rings (SSSR count). The summed E-state index contributed by atoms with van der Waals surface area (Å²) in [5, 5.41) is 0. The van der Waals surface area contributed by atoms with Crippen LogP contribution in [0.3, 0.4) is 0 Å². The van der Waals surface area contributed by atoms with Crippen molar-refractivity contribution in [2.45, 2.75) is 20.0 Å². The van der Waals surface area contributed by atoms with E-state index in [4.69, 9.17) is 4.74 Å². The zero-order valence-electron chi connectivity index (χ0n) is 15.6. The number of hydrogen-bond donors (Lipinski definition) is 0. The number of halogens is 1. The van der Waals surface area contributed by atoms with Crippen LogP contribution in [0.2, 0.25) is 0 Å². The predicted molar refractivity (Wildman–Crippen MR) is 106 cm³/mol. The van der Waals surface area contributed by atoms with Crippen molar-refractivity contribution in [3.05, 3.63) is 95.6 Å². The molecule has 0 spiro atoms. The third kappa shape index (κ3) is 3.39. The summed E-state index contributed by atoms with van der Waals surface area (Å²) >= 11 is 0. The zero-order chi connectivity index (χ0) is 19.7. The maximum Gasteiger partial charge on any atom is 0.338 e. The summed E-state index contributed by atoms with van der Waals surface area (Å²) < 4.78 is 20.7. The van der Waals surface area contributed by atoms with Crippen LogP contribution in [-0.2, 0) is 4.74 Å². The van der Waals surface area contributed by atoms with Gasteiger partial charge in [-0.3, -0.25) is 4.57 Å². The van der Waals surface area contributed by atoms with Gasteiger partial charge in [-0.25, -0.2) is 14.2 Å². The fourth-order valence-electron chi connectivity index (χ4n) is 3.26. The van der Waals surface area contributed by atoms with Crippen LogP contribution in [0.4, 0.5) is 4.39 Å². The van der Waals surface area contributed by atoms with Gasteiger partial charge in [-0.1, -0.05) is 30.3 Å². The van der Waals surface area contributed by atoms with Crippen LogP contribution in [0.5, 0.6) is 0 Å². The molecular formula is C23H19FN2O2. The second kappa shape index (κ2) is 7.27. The topological polar surface area (TPSA) is 44.1 Å². The normalized spacial score (nSPS) is 12.1. The van der Waals surface area contributed by atoms with Crippen molar-refractivity contribution in [2.24, 2.45) is 0 Å². The molecule has 1 heterocycles. The largest absolute Gasteiger partial charge is 0.454 e. The number of benzene rings is 3. The van der Waals surface area contributed by atoms with E-state index in [2.05, 4.69) is 4.98 Å². The van der Waals surface area contributed by atoms with Gasteiger partial charge in [-0.15, -0.1) is 0 Å². The smallest absolute Gasteiger partial charge is 0.338 e. The van der Waals surface area contributed by atoms with Crippen molar-refractivity contribution >= 4 is 17.0 Å². The minimum absolute atomic E-state index is 0.322. The van der Waals surface area contributed by atoms with Crippen molar-refractivity contribution in [1.29, 1.82) is 0 Å². The lowest BCUT2D eigenvalue weighted by Crippen LogP contribution is -2.09. The Morgan fingerprint density at radius 1 is 1.04 bits per heavy atom. The molecule has 140 valence electrons. The first kappa shape index (κ1) is 17.9. The van der Waals surface area contributed by atoms with Crippen LogP contribution in [-0.4, -0.2) is 15.5 Å². The first-order valence-corrected chi connectivity index (χ1v) is 9.04. The van der Waals surface area contributed by atoms with E-state index in [1.54, 1.807) is 31.2 Å². The van der Waals surface area contributed by atoms with Crippen LogP contribution < -0.4 is 0 Å². The molecule has 1 atom stereocenters. The number of carbonyl (C=O) groups excluding carboxylic acids is 1. The summed E-state index contributed by atoms with van der Waals surface area (Å²) in [6.07, 6.45) is -0.479. The van der Waals surface area contributed by atoms with E-state index in [0.717, 1.165) is 28.1 Å². The summed E-state index contributed by atoms with van der Waals surface area (Å²) in [6.45, 7) is 3.69. The summed E-state index contributed by atoms with van der Waals surface area (Å²) in [7, 11) is 0. The number of imidazole rings is 1. The molecule has 0 aliphatic carbocycles. The van der Waals surface area contributed by atoms with Crippen LogP contribution in [0.25, 0.3) is 16.7 Å². The standard InChI is InChI=1S/C23H19FN2O2/c1-15(17-8-11-19(24)12-9-17)28-23(27)18-10-13-22-21(14-18)25-16(2)26(22)20-6-4-3-5-7-20/h3-15H,1-2H3/t15-/m1/s1. The molecule has 0 saturated carbocycles. The lowest BCUT2D eigenvalue weighted by molar-refractivity contribution is 0.0338. The summed E-state index contributed by atoms with van der Waals surface area (Å²) in [4.78, 5) is 17.2. The fraction of sp³-hybridized carbons (Fsp3) is 0.130. The Morgan fingerprint density at radius 3 is 2.46 bits per heavy atom. The molecule has 0 N–H and O–H groups in total. The Labute approximate surface area is 162 Å². The van der Waals surface area contributed by atoms with Gasteiger partial charge in [0.2, 0.25) is 0 Å². The molecule has 0 unspecified atom stereocenters. The Kier molecular flexibility index (Phi) is 4.65. The molecule has 4 nitrogen and oxygen atoms in total. The first-order valence-electron chi connectivity index (χ1n) is 9.04. The molecule has 0 fully saturated rings. The van der Waals surface area contributed by atoms with Crippen molar-refractivity contribution in [3.8, 4) is 5.69 Å². The summed E-state index contributed by atoms with van der Waals surface area (Å²) in [5.41, 5.74) is 3.83. The third-order valence-electron chi connectivity index (χ3n) is 4.70. The molecule has 0 amide bonds. The van der Waals surface area contributed by atoms with Gasteiger partial charge < -0.3 is 4.74 Å². The molecule has 0 saturated heterocycles. The van der Waals surface area contributed by atoms with Crippen LogP contribution in [0.1, 0.15) is 34.8 Å². The second-order valence-electron chi connectivity index (χ2n) is 6.63. The molecule has 4 aromatic rings. The van der Waals surface area contributed by atoms with Crippen molar-refractivity contribution < 1.29 is 13.9 Å². The van der Waals surface area contributed by atoms with E-state index in [0.29, 0.717) is 5.56 Å². The average Bonchev–Trinajstić information content (AvgIpc) is 3.03. The summed E-state index contributed by atoms with van der Waals surface area (Å²) in [5.74, 6) is 0.0779. The molecule has 1 aromatic heterocycles. The number of carbonyl (C=O) groups is 1. The Morgan fingerprint density at radius 2 is 1.75 bits per heavy atom. The Hall–Kier alpha value is -3.47. The van der Waals surface area contributed by atoms with Gasteiger partial charge in [0.1, 0.15) is 17.7 Å². The van der Waals surface area contributed by atoms with Gasteiger partial charge >= 0.3 is 5.97 Å². The molecule has 5 heteroatoms. The minimum Gasteiger partial charge on any atom is -0.454 e. The first-order chi connectivity index (χ1) is 13.5. The van der Waals surface area contributed by atoms with Gasteiger partial charge in [0.15, 0.2) is 0 Å². The summed E-state index contributed by atoms with van der Waals surface area (Å²) in [6, 6.07) is 21.2. The molecule has 0 aliphatic heterocycles. The third-order valence-corrected chi connectivity index (χ3v) is 4.70. The maximum atomic E-state index is 13.1. The molecule has 28 heavy (non-hydrogen) atoms. The average molecular weight is 374 g/mol. The maximum absolute atomic E-state index is 13.1. The van der Waals surface area contributed by atoms with Crippen LogP contribution in [0.15, 0.2) is 72.8 Å². The minimum atomic E-state index is -0.479. The van der Waals surface area contributed by atoms with E-state index < -0.39 is 12.1 Å². The van der Waals surface area contributed by atoms with Gasteiger partial charge in [-0.05, 0) is 61.9 Å². The number of para-hydroxylation sites is 1. The number of hydrogen-bond acceptors (Lipinski definition) is 3. The van der Waals surface area contributed by atoms with Gasteiger partial charge in [0.05, 0.1) is 16.6 Å². The number of nitrogens with zero attached hydrogens (tertiary/aromatic N) is 2. The molecule has 0 bridgehead atoms. The highest BCUT2D eigenvalue weighted by Crippen LogP contribution is 2.24. The van der Waals surface area contributed by atoms with E-state index in [9.17, 15) is 9.18 Å². The monoisotopic (exact) mass is 374 g/mol. The highest BCUT2D eigenvalue weighted by molar-refractivity contribution is 5.94. The highest BCUT2D eigenvalue weighted by atomic mass is 19.1. The zero-order valence-corrected chi connectivity index (χ0v) is 15.6. The van der Waals surface area contributed by atoms with E-state index in [-0.39, 0.29) is 5.82 Å². The number of ether oxygens (including phenoxy) is 1. The van der Waals surface area contributed by atoms with Crippen LogP contribution >= 0.6 is 0 Å². The Balaban J connectivity index is 1.61. The molecule has 0 radical (unpaired) electrons. The van der Waals surface area contributed by atoms with E-state index in [1.165, 1.54) is 12.1 Å². The van der Waals surface area contributed by atoms with Crippen molar-refractivity contribution in [1.82, 2.24) is 9.55 Å². The number of rotatable bonds is 4. The van der Waals surface area contributed by atoms with E-state index in [1.807, 2.05) is 47.9 Å².